The van der Waals surface area contributed by atoms with Crippen LogP contribution >= 0.6 is 0 Å². The molecular formula is C16H22N2O4. The second kappa shape index (κ2) is 7.68. The molecule has 120 valence electrons. The number of rotatable bonds is 3. The molecule has 0 spiro atoms. The number of amides is 2. The summed E-state index contributed by atoms with van der Waals surface area (Å²) in [6.07, 6.45) is 2.52. The van der Waals surface area contributed by atoms with Crippen molar-refractivity contribution in [2.45, 2.75) is 39.2 Å². The highest BCUT2D eigenvalue weighted by Gasteiger charge is 2.23. The number of likely N-dealkylation sites (tertiary alicyclic amines) is 1. The molecule has 1 saturated heterocycles. The van der Waals surface area contributed by atoms with E-state index in [1.54, 1.807) is 31.2 Å². The Kier molecular flexibility index (Phi) is 5.63. The molecule has 0 bridgehead atoms. The second-order valence-electron chi connectivity index (χ2n) is 5.28. The van der Waals surface area contributed by atoms with E-state index in [4.69, 9.17) is 9.47 Å². The summed E-state index contributed by atoms with van der Waals surface area (Å²) in [6.45, 7) is 4.83. The van der Waals surface area contributed by atoms with Gasteiger partial charge in [-0.3, -0.25) is 0 Å². The third-order valence-corrected chi connectivity index (χ3v) is 3.63. The van der Waals surface area contributed by atoms with E-state index in [1.807, 2.05) is 4.90 Å². The Balaban J connectivity index is 1.90. The van der Waals surface area contributed by atoms with E-state index in [0.717, 1.165) is 19.4 Å². The van der Waals surface area contributed by atoms with Gasteiger partial charge in [-0.15, -0.1) is 0 Å². The number of carbonyl (C=O) groups is 2. The summed E-state index contributed by atoms with van der Waals surface area (Å²) >= 11 is 0. The SMILES string of the molecule is CCOC(=O)Oc1ccc(NC(=O)N2CCCCC2C)cc1. The van der Waals surface area contributed by atoms with Gasteiger partial charge in [0.15, 0.2) is 0 Å². The average Bonchev–Trinajstić information content (AvgIpc) is 2.50. The first kappa shape index (κ1) is 16.1. The Morgan fingerprint density at radius 3 is 2.64 bits per heavy atom. The highest BCUT2D eigenvalue weighted by Crippen LogP contribution is 2.20. The molecule has 0 aromatic heterocycles. The largest absolute Gasteiger partial charge is 0.513 e. The van der Waals surface area contributed by atoms with E-state index >= 15 is 0 Å². The van der Waals surface area contributed by atoms with Crippen LogP contribution in [0.1, 0.15) is 33.1 Å². The number of urea groups is 1. The second-order valence-corrected chi connectivity index (χ2v) is 5.28. The van der Waals surface area contributed by atoms with Crippen LogP contribution in [0.2, 0.25) is 0 Å². The molecule has 1 heterocycles. The van der Waals surface area contributed by atoms with E-state index in [2.05, 4.69) is 12.2 Å². The van der Waals surface area contributed by atoms with E-state index < -0.39 is 6.16 Å². The van der Waals surface area contributed by atoms with E-state index in [-0.39, 0.29) is 18.7 Å². The van der Waals surface area contributed by atoms with Crippen LogP contribution in [0.25, 0.3) is 0 Å². The Hall–Kier alpha value is -2.24. The molecule has 22 heavy (non-hydrogen) atoms. The molecule has 6 heteroatoms. The van der Waals surface area contributed by atoms with Crippen LogP contribution in [0.15, 0.2) is 24.3 Å². The fourth-order valence-corrected chi connectivity index (χ4v) is 2.44. The average molecular weight is 306 g/mol. The lowest BCUT2D eigenvalue weighted by atomic mass is 10.0. The number of hydrogen-bond acceptors (Lipinski definition) is 4. The van der Waals surface area contributed by atoms with Crippen LogP contribution in [0.3, 0.4) is 0 Å². The lowest BCUT2D eigenvalue weighted by Gasteiger charge is -2.33. The molecule has 2 amide bonds. The number of nitrogens with zero attached hydrogens (tertiary/aromatic N) is 1. The van der Waals surface area contributed by atoms with Crippen molar-refractivity contribution < 1.29 is 19.1 Å². The zero-order valence-electron chi connectivity index (χ0n) is 13.0. The lowest BCUT2D eigenvalue weighted by Crippen LogP contribution is -2.44. The minimum atomic E-state index is -0.735. The van der Waals surface area contributed by atoms with Crippen molar-refractivity contribution in [3.63, 3.8) is 0 Å². The number of nitrogens with one attached hydrogen (secondary N) is 1. The van der Waals surface area contributed by atoms with Gasteiger partial charge in [-0.2, -0.15) is 0 Å². The van der Waals surface area contributed by atoms with Gasteiger partial charge in [0, 0.05) is 18.3 Å². The van der Waals surface area contributed by atoms with Crippen LogP contribution in [0, 0.1) is 0 Å². The minimum absolute atomic E-state index is 0.0914. The van der Waals surface area contributed by atoms with Crippen molar-refractivity contribution in [3.05, 3.63) is 24.3 Å². The normalized spacial score (nSPS) is 17.7. The van der Waals surface area contributed by atoms with Gasteiger partial charge in [-0.25, -0.2) is 9.59 Å². The van der Waals surface area contributed by atoms with Crippen LogP contribution in [-0.2, 0) is 4.74 Å². The highest BCUT2D eigenvalue weighted by atomic mass is 16.7. The molecule has 0 radical (unpaired) electrons. The predicted octanol–water partition coefficient (Wildman–Crippen LogP) is 3.63. The topological polar surface area (TPSA) is 67.9 Å². The summed E-state index contributed by atoms with van der Waals surface area (Å²) in [4.78, 5) is 25.3. The van der Waals surface area contributed by atoms with Crippen molar-refractivity contribution in [3.8, 4) is 5.75 Å². The number of ether oxygens (including phenoxy) is 2. The molecule has 1 aromatic carbocycles. The molecule has 6 nitrogen and oxygen atoms in total. The van der Waals surface area contributed by atoms with Gasteiger partial charge < -0.3 is 19.7 Å². The zero-order chi connectivity index (χ0) is 15.9. The molecule has 1 fully saturated rings. The fraction of sp³-hybridized carbons (Fsp3) is 0.500. The summed E-state index contributed by atoms with van der Waals surface area (Å²) in [5.41, 5.74) is 0.666. The summed E-state index contributed by atoms with van der Waals surface area (Å²) in [5, 5.41) is 2.86. The number of benzene rings is 1. The lowest BCUT2D eigenvalue weighted by molar-refractivity contribution is 0.104. The molecule has 2 rings (SSSR count). The van der Waals surface area contributed by atoms with Crippen molar-refractivity contribution >= 4 is 17.9 Å². The van der Waals surface area contributed by atoms with Crippen LogP contribution < -0.4 is 10.1 Å². The molecule has 0 saturated carbocycles. The van der Waals surface area contributed by atoms with E-state index in [1.165, 1.54) is 6.42 Å². The first-order valence-electron chi connectivity index (χ1n) is 7.62. The first-order chi connectivity index (χ1) is 10.6. The monoisotopic (exact) mass is 306 g/mol. The number of hydrogen-bond donors (Lipinski definition) is 1. The summed E-state index contributed by atoms with van der Waals surface area (Å²) in [6, 6.07) is 6.80. The molecule has 1 unspecified atom stereocenters. The summed E-state index contributed by atoms with van der Waals surface area (Å²) in [7, 11) is 0. The molecule has 1 aliphatic rings. The smallest absolute Gasteiger partial charge is 0.434 e. The van der Waals surface area contributed by atoms with Crippen molar-refractivity contribution in [2.75, 3.05) is 18.5 Å². The Morgan fingerprint density at radius 1 is 1.27 bits per heavy atom. The third-order valence-electron chi connectivity index (χ3n) is 3.63. The van der Waals surface area contributed by atoms with Gasteiger partial charge in [0.1, 0.15) is 5.75 Å². The van der Waals surface area contributed by atoms with Crippen LogP contribution in [-0.4, -0.2) is 36.3 Å². The van der Waals surface area contributed by atoms with Crippen molar-refractivity contribution in [1.82, 2.24) is 4.90 Å². The van der Waals surface area contributed by atoms with E-state index in [9.17, 15) is 9.59 Å². The third kappa shape index (κ3) is 4.38. The van der Waals surface area contributed by atoms with Gasteiger partial charge in [-0.1, -0.05) is 0 Å². The minimum Gasteiger partial charge on any atom is -0.434 e. The van der Waals surface area contributed by atoms with Gasteiger partial charge in [-0.05, 0) is 57.4 Å². The predicted molar refractivity (Wildman–Crippen MR) is 83.1 cm³/mol. The van der Waals surface area contributed by atoms with Crippen LogP contribution in [0.4, 0.5) is 15.3 Å². The summed E-state index contributed by atoms with van der Waals surface area (Å²) in [5.74, 6) is 0.378. The molecule has 1 aliphatic heterocycles. The molecule has 0 aliphatic carbocycles. The number of anilines is 1. The molecule has 1 aromatic rings. The Labute approximate surface area is 130 Å². The quantitative estimate of drug-likeness (QED) is 0.684. The van der Waals surface area contributed by atoms with Crippen LogP contribution in [0.5, 0.6) is 5.75 Å². The fourth-order valence-electron chi connectivity index (χ4n) is 2.44. The molecule has 1 atom stereocenters. The highest BCUT2D eigenvalue weighted by molar-refractivity contribution is 5.89. The maximum Gasteiger partial charge on any atom is 0.513 e. The zero-order valence-corrected chi connectivity index (χ0v) is 13.0. The Morgan fingerprint density at radius 2 is 2.00 bits per heavy atom. The van der Waals surface area contributed by atoms with Gasteiger partial charge in [0.05, 0.1) is 6.61 Å². The maximum absolute atomic E-state index is 12.2. The molecule has 1 N–H and O–H groups in total. The van der Waals surface area contributed by atoms with Crippen molar-refractivity contribution in [1.29, 1.82) is 0 Å². The Bertz CT molecular complexity index is 515. The van der Waals surface area contributed by atoms with E-state index in [0.29, 0.717) is 11.4 Å². The summed E-state index contributed by atoms with van der Waals surface area (Å²) < 4.78 is 9.66. The first-order valence-corrected chi connectivity index (χ1v) is 7.62. The standard InChI is InChI=1S/C16H22N2O4/c1-3-21-16(20)22-14-9-7-13(8-10-14)17-15(19)18-11-5-4-6-12(18)2/h7-10,12H,3-6,11H2,1-2H3,(H,17,19). The van der Waals surface area contributed by atoms with Gasteiger partial charge in [0.25, 0.3) is 0 Å². The van der Waals surface area contributed by atoms with Crippen molar-refractivity contribution in [2.24, 2.45) is 0 Å². The van der Waals surface area contributed by atoms with Gasteiger partial charge >= 0.3 is 12.2 Å². The molecular weight excluding hydrogens is 284 g/mol. The van der Waals surface area contributed by atoms with Gasteiger partial charge in [0.2, 0.25) is 0 Å². The maximum atomic E-state index is 12.2. The number of carbonyl (C=O) groups excluding carboxylic acids is 2. The number of piperidine rings is 1.